The fourth-order valence-electron chi connectivity index (χ4n) is 1.36. The zero-order valence-electron chi connectivity index (χ0n) is 10.1. The number of hydrogen-bond donors (Lipinski definition) is 2. The van der Waals surface area contributed by atoms with Gasteiger partial charge in [0, 0.05) is 25.2 Å². The predicted molar refractivity (Wildman–Crippen MR) is 65.5 cm³/mol. The molecule has 5 nitrogen and oxygen atoms in total. The maximum Gasteiger partial charge on any atom is 0.221 e. The van der Waals surface area contributed by atoms with Crippen LogP contribution in [0.2, 0.25) is 0 Å². The van der Waals surface area contributed by atoms with Crippen molar-refractivity contribution < 1.29 is 4.79 Å². The number of hydrogen-bond acceptors (Lipinski definition) is 4. The Hall–Kier alpha value is -2.09. The molecule has 1 rings (SSSR count). The second kappa shape index (κ2) is 6.48. The molecule has 0 bridgehead atoms. The molecule has 17 heavy (non-hydrogen) atoms. The molecule has 2 N–H and O–H groups in total. The lowest BCUT2D eigenvalue weighted by molar-refractivity contribution is -0.120. The van der Waals surface area contributed by atoms with E-state index in [0.29, 0.717) is 30.9 Å². The van der Waals surface area contributed by atoms with Crippen molar-refractivity contribution in [3.05, 3.63) is 23.4 Å². The number of nitriles is 1. The van der Waals surface area contributed by atoms with Crippen molar-refractivity contribution in [2.45, 2.75) is 20.3 Å². The van der Waals surface area contributed by atoms with Crippen LogP contribution in [-0.4, -0.2) is 24.0 Å². The number of rotatable bonds is 5. The van der Waals surface area contributed by atoms with E-state index in [1.54, 1.807) is 12.1 Å². The SMILES string of the molecule is CCNC(=O)CCNc1nc(C)ccc1C#N. The first-order chi connectivity index (χ1) is 8.17. The molecule has 0 unspecified atom stereocenters. The first-order valence-corrected chi connectivity index (χ1v) is 5.55. The minimum Gasteiger partial charge on any atom is -0.368 e. The fraction of sp³-hybridized carbons (Fsp3) is 0.417. The van der Waals surface area contributed by atoms with Crippen LogP contribution in [0.25, 0.3) is 0 Å². The molecule has 1 heterocycles. The van der Waals surface area contributed by atoms with Crippen molar-refractivity contribution in [1.29, 1.82) is 5.26 Å². The highest BCUT2D eigenvalue weighted by Crippen LogP contribution is 2.11. The van der Waals surface area contributed by atoms with E-state index in [9.17, 15) is 4.79 Å². The summed E-state index contributed by atoms with van der Waals surface area (Å²) in [7, 11) is 0. The van der Waals surface area contributed by atoms with Crippen molar-refractivity contribution in [2.75, 3.05) is 18.4 Å². The topological polar surface area (TPSA) is 77.8 Å². The summed E-state index contributed by atoms with van der Waals surface area (Å²) in [6, 6.07) is 5.56. The average Bonchev–Trinajstić information content (AvgIpc) is 2.30. The minimum atomic E-state index is -0.00818. The minimum absolute atomic E-state index is 0.00818. The van der Waals surface area contributed by atoms with Crippen LogP contribution >= 0.6 is 0 Å². The summed E-state index contributed by atoms with van der Waals surface area (Å²) in [6.07, 6.45) is 0.369. The summed E-state index contributed by atoms with van der Waals surface area (Å²) in [4.78, 5) is 15.4. The largest absolute Gasteiger partial charge is 0.368 e. The van der Waals surface area contributed by atoms with E-state index in [0.717, 1.165) is 5.69 Å². The van der Waals surface area contributed by atoms with Gasteiger partial charge in [-0.25, -0.2) is 4.98 Å². The Morgan fingerprint density at radius 1 is 1.53 bits per heavy atom. The Kier molecular flexibility index (Phi) is 4.95. The summed E-state index contributed by atoms with van der Waals surface area (Å²) < 4.78 is 0. The second-order valence-corrected chi connectivity index (χ2v) is 3.59. The lowest BCUT2D eigenvalue weighted by atomic mass is 10.2. The number of carbonyl (C=O) groups excluding carboxylic acids is 1. The van der Waals surface area contributed by atoms with Crippen molar-refractivity contribution in [1.82, 2.24) is 10.3 Å². The molecule has 0 aromatic carbocycles. The lowest BCUT2D eigenvalue weighted by Crippen LogP contribution is -2.25. The van der Waals surface area contributed by atoms with Gasteiger partial charge >= 0.3 is 0 Å². The molecule has 1 amide bonds. The summed E-state index contributed by atoms with van der Waals surface area (Å²) >= 11 is 0. The molecule has 0 radical (unpaired) electrons. The molecular formula is C12H16N4O. The van der Waals surface area contributed by atoms with Gasteiger partial charge in [-0.2, -0.15) is 5.26 Å². The number of aromatic nitrogens is 1. The summed E-state index contributed by atoms with van der Waals surface area (Å²) in [5.41, 5.74) is 1.33. The third-order valence-corrected chi connectivity index (χ3v) is 2.17. The van der Waals surface area contributed by atoms with Crippen LogP contribution < -0.4 is 10.6 Å². The number of carbonyl (C=O) groups is 1. The van der Waals surface area contributed by atoms with Crippen LogP contribution in [0, 0.1) is 18.3 Å². The Bertz CT molecular complexity index is 437. The highest BCUT2D eigenvalue weighted by Gasteiger charge is 2.04. The van der Waals surface area contributed by atoms with E-state index < -0.39 is 0 Å². The molecule has 0 saturated heterocycles. The van der Waals surface area contributed by atoms with Crippen LogP contribution in [-0.2, 0) is 4.79 Å². The lowest BCUT2D eigenvalue weighted by Gasteiger charge is -2.07. The first-order valence-electron chi connectivity index (χ1n) is 5.55. The van der Waals surface area contributed by atoms with E-state index in [2.05, 4.69) is 21.7 Å². The average molecular weight is 232 g/mol. The van der Waals surface area contributed by atoms with Gasteiger partial charge in [0.1, 0.15) is 11.9 Å². The molecule has 5 heteroatoms. The van der Waals surface area contributed by atoms with Crippen LogP contribution in [0.4, 0.5) is 5.82 Å². The van der Waals surface area contributed by atoms with Crippen LogP contribution in [0.5, 0.6) is 0 Å². The standard InChI is InChI=1S/C12H16N4O/c1-3-14-11(17)6-7-15-12-10(8-13)5-4-9(2)16-12/h4-5H,3,6-7H2,1-2H3,(H,14,17)(H,15,16). The number of nitrogens with one attached hydrogen (secondary N) is 2. The number of anilines is 1. The molecular weight excluding hydrogens is 216 g/mol. The molecule has 0 aliphatic carbocycles. The molecule has 90 valence electrons. The molecule has 0 fully saturated rings. The number of nitrogens with zero attached hydrogens (tertiary/aromatic N) is 2. The van der Waals surface area contributed by atoms with Gasteiger partial charge in [-0.3, -0.25) is 4.79 Å². The zero-order valence-corrected chi connectivity index (χ0v) is 10.1. The Morgan fingerprint density at radius 3 is 2.94 bits per heavy atom. The van der Waals surface area contributed by atoms with E-state index in [1.165, 1.54) is 0 Å². The Labute approximate surface area is 101 Å². The summed E-state index contributed by atoms with van der Waals surface area (Å²) in [5.74, 6) is 0.531. The highest BCUT2D eigenvalue weighted by molar-refractivity contribution is 5.76. The molecule has 0 atom stereocenters. The first kappa shape index (κ1) is 13.0. The zero-order chi connectivity index (χ0) is 12.7. The number of pyridine rings is 1. The monoisotopic (exact) mass is 232 g/mol. The Morgan fingerprint density at radius 2 is 2.29 bits per heavy atom. The third-order valence-electron chi connectivity index (χ3n) is 2.17. The van der Waals surface area contributed by atoms with Gasteiger partial charge in [0.2, 0.25) is 5.91 Å². The van der Waals surface area contributed by atoms with Gasteiger partial charge < -0.3 is 10.6 Å². The maximum atomic E-state index is 11.2. The van der Waals surface area contributed by atoms with Crippen LogP contribution in [0.3, 0.4) is 0 Å². The van der Waals surface area contributed by atoms with Gasteiger partial charge in [0.15, 0.2) is 0 Å². The third kappa shape index (κ3) is 4.11. The van der Waals surface area contributed by atoms with Gasteiger partial charge in [-0.1, -0.05) is 0 Å². The molecule has 0 saturated carbocycles. The maximum absolute atomic E-state index is 11.2. The van der Waals surface area contributed by atoms with Gasteiger partial charge in [0.05, 0.1) is 5.56 Å². The van der Waals surface area contributed by atoms with E-state index in [4.69, 9.17) is 5.26 Å². The van der Waals surface area contributed by atoms with Crippen molar-refractivity contribution >= 4 is 11.7 Å². The fourth-order valence-corrected chi connectivity index (χ4v) is 1.36. The molecule has 0 aliphatic rings. The van der Waals surface area contributed by atoms with Gasteiger partial charge in [-0.05, 0) is 26.0 Å². The normalized spacial score (nSPS) is 9.47. The predicted octanol–water partition coefficient (Wildman–Crippen LogP) is 1.20. The van der Waals surface area contributed by atoms with Gasteiger partial charge in [0.25, 0.3) is 0 Å². The molecule has 0 aliphatic heterocycles. The van der Waals surface area contributed by atoms with Crippen molar-refractivity contribution in [3.63, 3.8) is 0 Å². The molecule has 1 aromatic rings. The van der Waals surface area contributed by atoms with Crippen LogP contribution in [0.15, 0.2) is 12.1 Å². The highest BCUT2D eigenvalue weighted by atomic mass is 16.1. The number of amides is 1. The van der Waals surface area contributed by atoms with Crippen LogP contribution in [0.1, 0.15) is 24.6 Å². The van der Waals surface area contributed by atoms with E-state index in [-0.39, 0.29) is 5.91 Å². The summed E-state index contributed by atoms with van der Waals surface area (Å²) in [6.45, 7) is 4.83. The van der Waals surface area contributed by atoms with Gasteiger partial charge in [-0.15, -0.1) is 0 Å². The van der Waals surface area contributed by atoms with E-state index >= 15 is 0 Å². The Balaban J connectivity index is 2.54. The molecule has 1 aromatic heterocycles. The van der Waals surface area contributed by atoms with E-state index in [1.807, 2.05) is 13.8 Å². The molecule has 0 spiro atoms. The summed E-state index contributed by atoms with van der Waals surface area (Å²) in [5, 5.41) is 14.6. The number of aryl methyl sites for hydroxylation is 1. The van der Waals surface area contributed by atoms with Crippen molar-refractivity contribution in [2.24, 2.45) is 0 Å². The van der Waals surface area contributed by atoms with Crippen molar-refractivity contribution in [3.8, 4) is 6.07 Å². The quantitative estimate of drug-likeness (QED) is 0.799. The second-order valence-electron chi connectivity index (χ2n) is 3.59. The smallest absolute Gasteiger partial charge is 0.221 e.